The molecule has 1 aromatic heterocycles. The molecule has 1 aromatic carbocycles. The first-order chi connectivity index (χ1) is 8.66. The minimum atomic E-state index is -1.10. The summed E-state index contributed by atoms with van der Waals surface area (Å²) >= 11 is 0. The third-order valence-electron chi connectivity index (χ3n) is 2.23. The number of carboxylic acids is 1. The molecule has 0 aliphatic carbocycles. The van der Waals surface area contributed by atoms with E-state index in [9.17, 15) is 4.79 Å². The minimum absolute atomic E-state index is 0.0640. The summed E-state index contributed by atoms with van der Waals surface area (Å²) in [6.45, 7) is 1.64. The lowest BCUT2D eigenvalue weighted by Crippen LogP contribution is -2.06. The van der Waals surface area contributed by atoms with Crippen molar-refractivity contribution in [3.05, 3.63) is 59.2 Å². The number of hydrogen-bond donors (Lipinski definition) is 1. The Morgan fingerprint density at radius 2 is 1.94 bits per heavy atom. The number of hydrogen-bond acceptors (Lipinski definition) is 3. The summed E-state index contributed by atoms with van der Waals surface area (Å²) < 4.78 is 0. The van der Waals surface area contributed by atoms with Gasteiger partial charge in [-0.3, -0.25) is 0 Å². The van der Waals surface area contributed by atoms with Gasteiger partial charge in [0.1, 0.15) is 5.82 Å². The quantitative estimate of drug-likeness (QED) is 0.770. The second-order valence-corrected chi connectivity index (χ2v) is 3.60. The zero-order chi connectivity index (χ0) is 13.0. The molecule has 0 amide bonds. The van der Waals surface area contributed by atoms with Crippen molar-refractivity contribution in [1.29, 1.82) is 0 Å². The summed E-state index contributed by atoms with van der Waals surface area (Å²) in [4.78, 5) is 18.9. The van der Waals surface area contributed by atoms with Crippen LogP contribution in [-0.4, -0.2) is 21.0 Å². The van der Waals surface area contributed by atoms with Gasteiger partial charge in [0.2, 0.25) is 0 Å². The Kier molecular flexibility index (Phi) is 3.35. The molecule has 2 rings (SSSR count). The van der Waals surface area contributed by atoms with E-state index in [-0.39, 0.29) is 5.69 Å². The standard InChI is InChI=1S/C14H10N2O2/c1-10-15-9-12(13(16-10)14(17)18)8-7-11-5-3-2-4-6-11/h2-6,9H,1H3,(H,17,18). The summed E-state index contributed by atoms with van der Waals surface area (Å²) in [6.07, 6.45) is 1.43. The fraction of sp³-hybridized carbons (Fsp3) is 0.0714. The predicted octanol–water partition coefficient (Wildman–Crippen LogP) is 1.88. The molecule has 4 heteroatoms. The van der Waals surface area contributed by atoms with Gasteiger partial charge in [-0.25, -0.2) is 14.8 Å². The zero-order valence-electron chi connectivity index (χ0n) is 9.71. The van der Waals surface area contributed by atoms with Gasteiger partial charge >= 0.3 is 5.97 Å². The topological polar surface area (TPSA) is 63.1 Å². The van der Waals surface area contributed by atoms with Crippen LogP contribution in [-0.2, 0) is 0 Å². The van der Waals surface area contributed by atoms with Crippen molar-refractivity contribution in [2.45, 2.75) is 6.92 Å². The highest BCUT2D eigenvalue weighted by Crippen LogP contribution is 2.04. The monoisotopic (exact) mass is 238 g/mol. The summed E-state index contributed by atoms with van der Waals surface area (Å²) in [6, 6.07) is 9.33. The molecule has 4 nitrogen and oxygen atoms in total. The zero-order valence-corrected chi connectivity index (χ0v) is 9.71. The van der Waals surface area contributed by atoms with Crippen molar-refractivity contribution in [3.8, 4) is 11.8 Å². The average Bonchev–Trinajstić information content (AvgIpc) is 2.38. The van der Waals surface area contributed by atoms with Crippen molar-refractivity contribution in [2.75, 3.05) is 0 Å². The second kappa shape index (κ2) is 5.11. The van der Waals surface area contributed by atoms with Crippen LogP contribution < -0.4 is 0 Å². The molecule has 0 radical (unpaired) electrons. The molecular weight excluding hydrogens is 228 g/mol. The third-order valence-corrected chi connectivity index (χ3v) is 2.23. The fourth-order valence-electron chi connectivity index (χ4n) is 1.39. The number of aromatic carboxylic acids is 1. The van der Waals surface area contributed by atoms with Crippen LogP contribution in [0.25, 0.3) is 0 Å². The van der Waals surface area contributed by atoms with Crippen LogP contribution in [0, 0.1) is 18.8 Å². The van der Waals surface area contributed by atoms with E-state index >= 15 is 0 Å². The molecule has 0 saturated carbocycles. The van der Waals surface area contributed by atoms with Crippen LogP contribution >= 0.6 is 0 Å². The number of benzene rings is 1. The lowest BCUT2D eigenvalue weighted by atomic mass is 10.2. The SMILES string of the molecule is Cc1ncc(C#Cc2ccccc2)c(C(=O)O)n1. The van der Waals surface area contributed by atoms with Gasteiger partial charge in [-0.05, 0) is 19.1 Å². The highest BCUT2D eigenvalue weighted by molar-refractivity contribution is 5.88. The van der Waals surface area contributed by atoms with Crippen molar-refractivity contribution >= 4 is 5.97 Å². The van der Waals surface area contributed by atoms with E-state index in [0.29, 0.717) is 11.4 Å². The Bertz CT molecular complexity index is 640. The van der Waals surface area contributed by atoms with Crippen molar-refractivity contribution in [1.82, 2.24) is 9.97 Å². The lowest BCUT2D eigenvalue weighted by molar-refractivity contribution is 0.0689. The molecule has 0 spiro atoms. The number of rotatable bonds is 1. The van der Waals surface area contributed by atoms with E-state index < -0.39 is 5.97 Å². The highest BCUT2D eigenvalue weighted by atomic mass is 16.4. The average molecular weight is 238 g/mol. The smallest absolute Gasteiger partial charge is 0.355 e. The molecule has 0 unspecified atom stereocenters. The molecule has 88 valence electrons. The maximum atomic E-state index is 11.0. The van der Waals surface area contributed by atoms with Crippen LogP contribution in [0.5, 0.6) is 0 Å². The minimum Gasteiger partial charge on any atom is -0.476 e. The molecule has 0 bridgehead atoms. The summed E-state index contributed by atoms with van der Waals surface area (Å²) in [5, 5.41) is 9.03. The van der Waals surface area contributed by atoms with Crippen LogP contribution in [0.4, 0.5) is 0 Å². The summed E-state index contributed by atoms with van der Waals surface area (Å²) in [7, 11) is 0. The van der Waals surface area contributed by atoms with Crippen molar-refractivity contribution < 1.29 is 9.90 Å². The molecule has 0 fully saturated rings. The van der Waals surface area contributed by atoms with Crippen molar-refractivity contribution in [3.63, 3.8) is 0 Å². The highest BCUT2D eigenvalue weighted by Gasteiger charge is 2.10. The van der Waals surface area contributed by atoms with E-state index in [0.717, 1.165) is 5.56 Å². The maximum Gasteiger partial charge on any atom is 0.355 e. The molecule has 0 aliphatic heterocycles. The Labute approximate surface area is 104 Å². The van der Waals surface area contributed by atoms with Gasteiger partial charge < -0.3 is 5.11 Å². The van der Waals surface area contributed by atoms with Gasteiger partial charge in [0.15, 0.2) is 5.69 Å². The van der Waals surface area contributed by atoms with Gasteiger partial charge in [0, 0.05) is 11.8 Å². The summed E-state index contributed by atoms with van der Waals surface area (Å²) in [5.41, 5.74) is 1.07. The third kappa shape index (κ3) is 2.71. The normalized spacial score (nSPS) is 9.39. The lowest BCUT2D eigenvalue weighted by Gasteiger charge is -1.98. The second-order valence-electron chi connectivity index (χ2n) is 3.60. The van der Waals surface area contributed by atoms with E-state index in [4.69, 9.17) is 5.11 Å². The number of aryl methyl sites for hydroxylation is 1. The van der Waals surface area contributed by atoms with Crippen LogP contribution in [0.1, 0.15) is 27.4 Å². The molecule has 0 aliphatic rings. The van der Waals surface area contributed by atoms with Gasteiger partial charge in [-0.2, -0.15) is 0 Å². The first kappa shape index (κ1) is 11.8. The number of aromatic nitrogens is 2. The number of nitrogens with zero attached hydrogens (tertiary/aromatic N) is 2. The first-order valence-corrected chi connectivity index (χ1v) is 5.31. The largest absolute Gasteiger partial charge is 0.476 e. The molecule has 1 heterocycles. The van der Waals surface area contributed by atoms with Gasteiger partial charge in [-0.1, -0.05) is 30.0 Å². The van der Waals surface area contributed by atoms with Gasteiger partial charge in [0.25, 0.3) is 0 Å². The van der Waals surface area contributed by atoms with Crippen molar-refractivity contribution in [2.24, 2.45) is 0 Å². The molecule has 0 saturated heterocycles. The Morgan fingerprint density at radius 3 is 2.61 bits per heavy atom. The van der Waals surface area contributed by atoms with E-state index in [1.807, 2.05) is 30.3 Å². The maximum absolute atomic E-state index is 11.0. The van der Waals surface area contributed by atoms with Gasteiger partial charge in [0.05, 0.1) is 5.56 Å². The Morgan fingerprint density at radius 1 is 1.22 bits per heavy atom. The summed E-state index contributed by atoms with van der Waals surface area (Å²) in [5.74, 6) is 4.98. The van der Waals surface area contributed by atoms with E-state index in [2.05, 4.69) is 21.8 Å². The first-order valence-electron chi connectivity index (χ1n) is 5.31. The molecular formula is C14H10N2O2. The molecule has 2 aromatic rings. The number of carboxylic acid groups (broad SMARTS) is 1. The van der Waals surface area contributed by atoms with E-state index in [1.165, 1.54) is 6.20 Å². The van der Waals surface area contributed by atoms with Crippen LogP contribution in [0.3, 0.4) is 0 Å². The molecule has 1 N–H and O–H groups in total. The molecule has 0 atom stereocenters. The fourth-order valence-corrected chi connectivity index (χ4v) is 1.39. The van der Waals surface area contributed by atoms with Crippen LogP contribution in [0.15, 0.2) is 36.5 Å². The van der Waals surface area contributed by atoms with Crippen LogP contribution in [0.2, 0.25) is 0 Å². The Hall–Kier alpha value is -2.67. The Balaban J connectivity index is 2.41. The van der Waals surface area contributed by atoms with Gasteiger partial charge in [-0.15, -0.1) is 0 Å². The molecule has 18 heavy (non-hydrogen) atoms. The number of carbonyl (C=O) groups is 1. The predicted molar refractivity (Wildman–Crippen MR) is 66.2 cm³/mol. The van der Waals surface area contributed by atoms with E-state index in [1.54, 1.807) is 6.92 Å².